The zero-order chi connectivity index (χ0) is 37.1. The highest BCUT2D eigenvalue weighted by molar-refractivity contribution is 9.10. The molecule has 1 fully saturated rings. The number of hydrogen-bond donors (Lipinski definition) is 5. The molecule has 0 spiro atoms. The third kappa shape index (κ3) is 6.29. The van der Waals surface area contributed by atoms with Gasteiger partial charge in [-0.15, -0.1) is 10.2 Å². The van der Waals surface area contributed by atoms with Crippen LogP contribution in [0.5, 0.6) is 0 Å². The molecule has 9 rings (SSSR count). The summed E-state index contributed by atoms with van der Waals surface area (Å²) >= 11 is 7.14. The van der Waals surface area contributed by atoms with Crippen LogP contribution in [0.4, 0.5) is 17.6 Å². The van der Waals surface area contributed by atoms with Gasteiger partial charge < -0.3 is 30.6 Å². The molecule has 0 saturated carbocycles. The lowest BCUT2D eigenvalue weighted by molar-refractivity contribution is 0.124. The minimum atomic E-state index is -3.83. The SMILES string of the molecule is CS(=O)(=O)c1nc(NCc2nc3ccccc3[nH]2)c2nc(C(O)[C@@H]3CCCCN3c3nc(NCc4nc5ccccc5[nH]4)c4ncc(Br)n4n3)c(Br)n2n1. The van der Waals surface area contributed by atoms with Crippen LogP contribution in [0.25, 0.3) is 33.4 Å². The zero-order valence-corrected chi connectivity index (χ0v) is 32.4. The summed E-state index contributed by atoms with van der Waals surface area (Å²) in [5.41, 5.74) is 4.45. The van der Waals surface area contributed by atoms with Crippen molar-refractivity contribution in [1.82, 2.24) is 59.1 Å². The van der Waals surface area contributed by atoms with Gasteiger partial charge in [0.15, 0.2) is 22.9 Å². The van der Waals surface area contributed by atoms with Crippen molar-refractivity contribution >= 4 is 92.6 Å². The van der Waals surface area contributed by atoms with Crippen molar-refractivity contribution in [3.8, 4) is 0 Å². The minimum Gasteiger partial charge on any atom is -0.385 e. The number of rotatable bonds is 10. The number of anilines is 3. The molecule has 6 aromatic heterocycles. The second kappa shape index (κ2) is 13.6. The van der Waals surface area contributed by atoms with Gasteiger partial charge >= 0.3 is 0 Å². The Kier molecular flexibility index (Phi) is 8.66. The number of aromatic amines is 2. The molecule has 5 N–H and O–H groups in total. The average molecular weight is 878 g/mol. The van der Waals surface area contributed by atoms with Crippen LogP contribution in [0.15, 0.2) is 69.1 Å². The summed E-state index contributed by atoms with van der Waals surface area (Å²) < 4.78 is 29.3. The Hall–Kier alpha value is -5.25. The molecule has 0 radical (unpaired) electrons. The van der Waals surface area contributed by atoms with Crippen molar-refractivity contribution in [1.29, 1.82) is 0 Å². The van der Waals surface area contributed by atoms with Crippen LogP contribution in [0.3, 0.4) is 0 Å². The van der Waals surface area contributed by atoms with E-state index in [9.17, 15) is 13.5 Å². The molecular formula is C33H31Br2N15O3S. The molecule has 1 aliphatic rings. The largest absolute Gasteiger partial charge is 0.385 e. The summed E-state index contributed by atoms with van der Waals surface area (Å²) in [5, 5.41) is 27.4. The number of imidazole rings is 4. The van der Waals surface area contributed by atoms with Crippen LogP contribution in [0.2, 0.25) is 0 Å². The second-order valence-electron chi connectivity index (χ2n) is 12.9. The van der Waals surface area contributed by atoms with E-state index in [4.69, 9.17) is 15.1 Å². The number of para-hydroxylation sites is 4. The summed E-state index contributed by atoms with van der Waals surface area (Å²) in [6.07, 6.45) is 3.83. The number of aromatic nitrogens is 12. The highest BCUT2D eigenvalue weighted by Crippen LogP contribution is 2.36. The van der Waals surface area contributed by atoms with Gasteiger partial charge in [-0.25, -0.2) is 28.4 Å². The fraction of sp³-hybridized carbons (Fsp3) is 0.273. The normalized spacial score (nSPS) is 15.9. The number of aliphatic hydroxyl groups is 1. The van der Waals surface area contributed by atoms with Crippen LogP contribution in [-0.4, -0.2) is 91.5 Å². The molecule has 0 amide bonds. The van der Waals surface area contributed by atoms with Gasteiger partial charge in [-0.3, -0.25) is 0 Å². The van der Waals surface area contributed by atoms with Crippen molar-refractivity contribution in [3.05, 3.63) is 81.3 Å². The number of halogens is 2. The number of sulfone groups is 1. The van der Waals surface area contributed by atoms with Gasteiger partial charge in [0.05, 0.1) is 47.4 Å². The van der Waals surface area contributed by atoms with Gasteiger partial charge in [0, 0.05) is 12.8 Å². The van der Waals surface area contributed by atoms with E-state index in [1.165, 1.54) is 4.52 Å². The number of hydrogen-bond acceptors (Lipinski definition) is 14. The van der Waals surface area contributed by atoms with Gasteiger partial charge in [0.25, 0.3) is 5.16 Å². The number of nitrogens with zero attached hydrogens (tertiary/aromatic N) is 11. The summed E-state index contributed by atoms with van der Waals surface area (Å²) in [6.45, 7) is 1.12. The van der Waals surface area contributed by atoms with Gasteiger partial charge in [-0.05, 0) is 75.4 Å². The minimum absolute atomic E-state index is 0.157. The maximum Gasteiger partial charge on any atom is 0.267 e. The topological polar surface area (TPSA) is 225 Å². The van der Waals surface area contributed by atoms with Gasteiger partial charge in [-0.2, -0.15) is 19.0 Å². The first kappa shape index (κ1) is 34.5. The highest BCUT2D eigenvalue weighted by atomic mass is 79.9. The molecule has 1 saturated heterocycles. The Morgan fingerprint density at radius 1 is 0.852 bits per heavy atom. The number of piperidine rings is 1. The highest BCUT2D eigenvalue weighted by Gasteiger charge is 2.36. The standard InChI is InChI=1S/C33H31Br2N15O3S/c1-54(52,53)33-45-29(37-16-24-41-19-10-4-5-11-20(19)42-24)31-43-25(27(35)50(31)47-33)26(51)21-12-6-7-13-48(21)32-44-28(30-38-14-22(34)49(30)46-32)36-15-23-39-17-8-2-3-9-18(17)40-23/h2-5,8-11,14,21,26,51H,6-7,12-13,15-16H2,1H3,(H,39,40)(H,41,42)(H,36,44,46)(H,37,45,47)/t21-,26?/m0/s1. The predicted molar refractivity (Wildman–Crippen MR) is 207 cm³/mol. The molecule has 21 heteroatoms. The van der Waals surface area contributed by atoms with Crippen LogP contribution in [0.1, 0.15) is 42.7 Å². The molecule has 1 unspecified atom stereocenters. The number of benzene rings is 2. The first-order valence-electron chi connectivity index (χ1n) is 17.0. The lowest BCUT2D eigenvalue weighted by atomic mass is 9.96. The first-order valence-corrected chi connectivity index (χ1v) is 20.5. The van der Waals surface area contributed by atoms with Gasteiger partial charge in [0.1, 0.15) is 32.7 Å². The van der Waals surface area contributed by atoms with E-state index in [1.807, 2.05) is 53.4 Å². The molecule has 54 heavy (non-hydrogen) atoms. The maximum atomic E-state index is 12.7. The Morgan fingerprint density at radius 2 is 1.50 bits per heavy atom. The Labute approximate surface area is 323 Å². The first-order chi connectivity index (χ1) is 26.1. The van der Waals surface area contributed by atoms with E-state index in [-0.39, 0.29) is 28.3 Å². The molecule has 7 heterocycles. The lowest BCUT2D eigenvalue weighted by Crippen LogP contribution is -2.45. The molecule has 276 valence electrons. The number of H-pyrrole nitrogens is 2. The quantitative estimate of drug-likeness (QED) is 0.127. The zero-order valence-electron chi connectivity index (χ0n) is 28.4. The molecule has 2 atom stereocenters. The van der Waals surface area contributed by atoms with E-state index >= 15 is 0 Å². The third-order valence-electron chi connectivity index (χ3n) is 9.24. The van der Waals surface area contributed by atoms with Gasteiger partial charge in [0.2, 0.25) is 15.8 Å². The summed E-state index contributed by atoms with van der Waals surface area (Å²) in [5.74, 6) is 2.37. The maximum absolute atomic E-state index is 12.7. The number of aliphatic hydroxyl groups excluding tert-OH is 1. The monoisotopic (exact) mass is 875 g/mol. The van der Waals surface area contributed by atoms with E-state index in [0.29, 0.717) is 47.4 Å². The van der Waals surface area contributed by atoms with Crippen LogP contribution in [-0.2, 0) is 22.9 Å². The molecule has 18 nitrogen and oxygen atoms in total. The lowest BCUT2D eigenvalue weighted by Gasteiger charge is -2.38. The molecule has 2 aromatic carbocycles. The van der Waals surface area contributed by atoms with Crippen molar-refractivity contribution in [2.45, 2.75) is 49.7 Å². The smallest absolute Gasteiger partial charge is 0.267 e. The number of fused-ring (bicyclic) bond motifs is 4. The molecule has 1 aliphatic heterocycles. The molecule has 0 aliphatic carbocycles. The third-order valence-corrected chi connectivity index (χ3v) is 11.4. The molecular weight excluding hydrogens is 846 g/mol. The second-order valence-corrected chi connectivity index (χ2v) is 16.4. The Bertz CT molecular complexity index is 2750. The Morgan fingerprint density at radius 3 is 2.15 bits per heavy atom. The van der Waals surface area contributed by atoms with Crippen LogP contribution >= 0.6 is 31.9 Å². The summed E-state index contributed by atoms with van der Waals surface area (Å²) in [7, 11) is -3.83. The Balaban J connectivity index is 1.05. The fourth-order valence-corrected chi connectivity index (χ4v) is 8.09. The van der Waals surface area contributed by atoms with E-state index in [1.54, 1.807) is 10.7 Å². The van der Waals surface area contributed by atoms with Crippen molar-refractivity contribution in [2.75, 3.05) is 28.3 Å². The number of nitrogens with one attached hydrogen (secondary N) is 4. The fourth-order valence-electron chi connectivity index (χ4n) is 6.68. The van der Waals surface area contributed by atoms with E-state index in [0.717, 1.165) is 47.0 Å². The van der Waals surface area contributed by atoms with Crippen molar-refractivity contribution < 1.29 is 13.5 Å². The molecule has 0 bridgehead atoms. The van der Waals surface area contributed by atoms with E-state index in [2.05, 4.69) is 77.5 Å². The summed E-state index contributed by atoms with van der Waals surface area (Å²) in [6, 6.07) is 14.9. The van der Waals surface area contributed by atoms with Crippen molar-refractivity contribution in [3.63, 3.8) is 0 Å². The van der Waals surface area contributed by atoms with Gasteiger partial charge in [-0.1, -0.05) is 24.3 Å². The predicted octanol–water partition coefficient (Wildman–Crippen LogP) is 4.56. The van der Waals surface area contributed by atoms with Crippen LogP contribution in [0, 0.1) is 0 Å². The average Bonchev–Trinajstić information content (AvgIpc) is 3.96. The molecule has 8 aromatic rings. The van der Waals surface area contributed by atoms with Crippen LogP contribution < -0.4 is 15.5 Å². The van der Waals surface area contributed by atoms with Crippen molar-refractivity contribution in [2.24, 2.45) is 0 Å². The van der Waals surface area contributed by atoms with E-state index < -0.39 is 27.1 Å². The summed E-state index contributed by atoms with van der Waals surface area (Å²) in [4.78, 5) is 36.4.